The molecule has 0 aromatic carbocycles. The minimum Gasteiger partial charge on any atom is -0.444 e. The maximum absolute atomic E-state index is 11.9. The fraction of sp³-hybridized carbons (Fsp3) is 0.875. The fourth-order valence-corrected chi connectivity index (χ4v) is 3.01. The van der Waals surface area contributed by atoms with Crippen LogP contribution < -0.4 is 15.4 Å². The molecule has 11 heteroatoms. The number of guanidine groups is 1. The number of hydrogen-bond acceptors (Lipinski definition) is 5. The first kappa shape index (κ1) is 26.2. The van der Waals surface area contributed by atoms with Gasteiger partial charge in [0.15, 0.2) is 5.96 Å². The van der Waals surface area contributed by atoms with Crippen molar-refractivity contribution >= 4 is 46.1 Å². The minimum absolute atomic E-state index is 0. The summed E-state index contributed by atoms with van der Waals surface area (Å²) in [5.41, 5.74) is -0.515. The normalized spacial score (nSPS) is 18.0. The Morgan fingerprint density at radius 2 is 2.00 bits per heavy atom. The minimum atomic E-state index is -3.16. The molecule has 160 valence electrons. The lowest BCUT2D eigenvalue weighted by Crippen LogP contribution is -2.44. The Morgan fingerprint density at radius 3 is 2.56 bits per heavy atom. The molecule has 27 heavy (non-hydrogen) atoms. The highest BCUT2D eigenvalue weighted by Crippen LogP contribution is 2.12. The molecule has 0 aromatic heterocycles. The molecule has 1 amide bonds. The molecule has 0 spiro atoms. The zero-order valence-corrected chi connectivity index (χ0v) is 20.0. The second-order valence-corrected chi connectivity index (χ2v) is 9.17. The summed E-state index contributed by atoms with van der Waals surface area (Å²) >= 11 is 0. The van der Waals surface area contributed by atoms with Crippen molar-refractivity contribution in [2.45, 2.75) is 52.2 Å². The number of carbonyl (C=O) groups excluding carboxylic acids is 1. The predicted octanol–water partition coefficient (Wildman–Crippen LogP) is 1.11. The van der Waals surface area contributed by atoms with Gasteiger partial charge in [0.05, 0.1) is 12.3 Å². The molecule has 0 radical (unpaired) electrons. The van der Waals surface area contributed by atoms with E-state index < -0.39 is 21.7 Å². The summed E-state index contributed by atoms with van der Waals surface area (Å²) in [7, 11) is -3.16. The highest BCUT2D eigenvalue weighted by molar-refractivity contribution is 14.0. The van der Waals surface area contributed by atoms with Crippen LogP contribution in [-0.2, 0) is 14.8 Å². The van der Waals surface area contributed by atoms with E-state index in [1.165, 1.54) is 0 Å². The molecule has 0 bridgehead atoms. The first-order valence-corrected chi connectivity index (χ1v) is 10.9. The molecule has 9 nitrogen and oxygen atoms in total. The Morgan fingerprint density at radius 1 is 1.33 bits per heavy atom. The van der Waals surface area contributed by atoms with Gasteiger partial charge in [-0.25, -0.2) is 17.9 Å². The lowest BCUT2D eigenvalue weighted by Gasteiger charge is -2.23. The van der Waals surface area contributed by atoms with Crippen LogP contribution in [0.25, 0.3) is 0 Å². The molecule has 1 unspecified atom stereocenters. The Balaban J connectivity index is 0.00000676. The van der Waals surface area contributed by atoms with E-state index in [4.69, 9.17) is 4.74 Å². The Labute approximate surface area is 180 Å². The van der Waals surface area contributed by atoms with E-state index >= 15 is 0 Å². The summed E-state index contributed by atoms with van der Waals surface area (Å²) in [4.78, 5) is 18.5. The molecule has 0 aliphatic carbocycles. The van der Waals surface area contributed by atoms with Crippen LogP contribution in [0, 0.1) is 0 Å². The molecule has 1 fully saturated rings. The molecule has 1 heterocycles. The quantitative estimate of drug-likeness (QED) is 0.201. The van der Waals surface area contributed by atoms with Gasteiger partial charge in [-0.15, -0.1) is 24.0 Å². The van der Waals surface area contributed by atoms with E-state index in [0.717, 1.165) is 31.7 Å². The van der Waals surface area contributed by atoms with Crippen molar-refractivity contribution in [2.75, 3.05) is 39.0 Å². The van der Waals surface area contributed by atoms with Gasteiger partial charge in [-0.3, -0.25) is 4.99 Å². The van der Waals surface area contributed by atoms with Crippen LogP contribution in [0.4, 0.5) is 4.79 Å². The summed E-state index contributed by atoms with van der Waals surface area (Å²) < 4.78 is 29.8. The maximum Gasteiger partial charge on any atom is 0.407 e. The molecule has 1 saturated heterocycles. The smallest absolute Gasteiger partial charge is 0.407 e. The predicted molar refractivity (Wildman–Crippen MR) is 118 cm³/mol. The van der Waals surface area contributed by atoms with Gasteiger partial charge >= 0.3 is 6.09 Å². The second kappa shape index (κ2) is 11.9. The molecule has 1 aliphatic heterocycles. The number of sulfonamides is 1. The van der Waals surface area contributed by atoms with E-state index in [-0.39, 0.29) is 30.0 Å². The average molecular weight is 519 g/mol. The van der Waals surface area contributed by atoms with Gasteiger partial charge in [-0.05, 0) is 40.5 Å². The number of rotatable bonds is 7. The van der Waals surface area contributed by atoms with Crippen LogP contribution in [0.15, 0.2) is 4.99 Å². The molecule has 1 rings (SSSR count). The molecular weight excluding hydrogens is 485 g/mol. The maximum atomic E-state index is 11.9. The van der Waals surface area contributed by atoms with Gasteiger partial charge in [0.1, 0.15) is 5.60 Å². The van der Waals surface area contributed by atoms with Crippen LogP contribution in [0.1, 0.15) is 40.5 Å². The first-order chi connectivity index (χ1) is 12.0. The lowest BCUT2D eigenvalue weighted by atomic mass is 10.2. The Bertz CT molecular complexity index is 592. The van der Waals surface area contributed by atoms with E-state index in [0.29, 0.717) is 26.1 Å². The summed E-state index contributed by atoms with van der Waals surface area (Å²) in [6.07, 6.45) is 2.18. The number of nitrogens with zero attached hydrogens (tertiary/aromatic N) is 2. The third-order valence-corrected chi connectivity index (χ3v) is 4.23. The molecule has 1 atom stereocenters. The number of carbonyl (C=O) groups is 1. The van der Waals surface area contributed by atoms with Crippen LogP contribution in [0.2, 0.25) is 0 Å². The summed E-state index contributed by atoms with van der Waals surface area (Å²) in [6, 6.07) is 0.0145. The topological polar surface area (TPSA) is 112 Å². The molecular formula is C16H34IN5O4S. The number of likely N-dealkylation sites (tertiary alicyclic amines) is 1. The lowest BCUT2D eigenvalue weighted by molar-refractivity contribution is 0.0507. The highest BCUT2D eigenvalue weighted by atomic mass is 127. The zero-order chi connectivity index (χ0) is 19.8. The molecule has 0 aromatic rings. The third-order valence-electron chi connectivity index (χ3n) is 3.50. The third kappa shape index (κ3) is 12.3. The number of ether oxygens (including phenoxy) is 1. The van der Waals surface area contributed by atoms with Crippen LogP contribution >= 0.6 is 24.0 Å². The number of amides is 1. The number of alkyl carbamates (subject to hydrolysis) is 1. The fourth-order valence-electron chi connectivity index (χ4n) is 2.49. The summed E-state index contributed by atoms with van der Waals surface area (Å²) in [6.45, 7) is 10.6. The van der Waals surface area contributed by atoms with Gasteiger partial charge in [-0.1, -0.05) is 0 Å². The molecule has 1 aliphatic rings. The van der Waals surface area contributed by atoms with Crippen molar-refractivity contribution in [1.82, 2.24) is 20.3 Å². The first-order valence-electron chi connectivity index (χ1n) is 8.97. The van der Waals surface area contributed by atoms with Crippen LogP contribution in [-0.4, -0.2) is 76.0 Å². The summed E-state index contributed by atoms with van der Waals surface area (Å²) in [5, 5.41) is 6.13. The average Bonchev–Trinajstić information content (AvgIpc) is 2.90. The second-order valence-electron chi connectivity index (χ2n) is 7.33. The Kier molecular flexibility index (Phi) is 11.5. The number of halogens is 1. The van der Waals surface area contributed by atoms with E-state index in [1.54, 1.807) is 0 Å². The van der Waals surface area contributed by atoms with E-state index in [2.05, 4.69) is 25.2 Å². The van der Waals surface area contributed by atoms with Gasteiger partial charge in [0.25, 0.3) is 0 Å². The monoisotopic (exact) mass is 519 g/mol. The van der Waals surface area contributed by atoms with Gasteiger partial charge in [0.2, 0.25) is 10.0 Å². The van der Waals surface area contributed by atoms with E-state index in [9.17, 15) is 13.2 Å². The van der Waals surface area contributed by atoms with Crippen molar-refractivity contribution in [1.29, 1.82) is 0 Å². The van der Waals surface area contributed by atoms with Crippen molar-refractivity contribution in [3.05, 3.63) is 0 Å². The van der Waals surface area contributed by atoms with E-state index in [1.807, 2.05) is 27.7 Å². The number of nitrogens with one attached hydrogen (secondary N) is 3. The van der Waals surface area contributed by atoms with Gasteiger partial charge < -0.3 is 20.3 Å². The molecule has 3 N–H and O–H groups in total. The number of hydrogen-bond donors (Lipinski definition) is 3. The Hall–Kier alpha value is -0.820. The van der Waals surface area contributed by atoms with Crippen molar-refractivity contribution in [2.24, 2.45) is 4.99 Å². The van der Waals surface area contributed by atoms with Crippen LogP contribution in [0.3, 0.4) is 0 Å². The van der Waals surface area contributed by atoms with Crippen LogP contribution in [0.5, 0.6) is 0 Å². The standard InChI is InChI=1S/C16H33N5O4S.HI/c1-6-17-14(18-9-7-10-19-26(5,23)24)21-11-8-13(12-21)20-15(22)25-16(2,3)4;/h13,19H,6-12H2,1-5H3,(H,17,18)(H,20,22);1H. The van der Waals surface area contributed by atoms with Gasteiger partial charge in [-0.2, -0.15) is 0 Å². The zero-order valence-electron chi connectivity index (χ0n) is 16.9. The number of aliphatic imine (C=N–C) groups is 1. The largest absolute Gasteiger partial charge is 0.444 e. The van der Waals surface area contributed by atoms with Gasteiger partial charge in [0, 0.05) is 32.7 Å². The van der Waals surface area contributed by atoms with Crippen molar-refractivity contribution in [3.8, 4) is 0 Å². The highest BCUT2D eigenvalue weighted by Gasteiger charge is 2.27. The molecule has 0 saturated carbocycles. The van der Waals surface area contributed by atoms with Crippen molar-refractivity contribution < 1.29 is 17.9 Å². The van der Waals surface area contributed by atoms with Crippen molar-refractivity contribution in [3.63, 3.8) is 0 Å². The summed E-state index contributed by atoms with van der Waals surface area (Å²) in [5.74, 6) is 0.778. The SMILES string of the molecule is CCNC(=NCCCNS(C)(=O)=O)N1CCC(NC(=O)OC(C)(C)C)C1.I.